The van der Waals surface area contributed by atoms with Gasteiger partial charge in [-0.25, -0.2) is 0 Å². The van der Waals surface area contributed by atoms with E-state index in [-0.39, 0.29) is 0 Å². The van der Waals surface area contributed by atoms with Gasteiger partial charge in [0.25, 0.3) is 0 Å². The van der Waals surface area contributed by atoms with Gasteiger partial charge in [0.15, 0.2) is 0 Å². The van der Waals surface area contributed by atoms with Gasteiger partial charge in [0.1, 0.15) is 0 Å². The molecule has 1 N–H and O–H groups in total. The van der Waals surface area contributed by atoms with Crippen LogP contribution in [0.15, 0.2) is 53.9 Å². The zero-order valence-electron chi connectivity index (χ0n) is 22.0. The number of anilines is 1. The molecular formula is C30H36N4. The normalized spacial score (nSPS) is 11.1. The largest absolute Gasteiger partial charge is 0.284 e. The number of hydrogen-bond acceptors (Lipinski definition) is 2. The Hall–Kier alpha value is -3.53. The smallest absolute Gasteiger partial charge is 0.236 e. The van der Waals surface area contributed by atoms with Crippen molar-refractivity contribution in [2.24, 2.45) is 5.10 Å². The molecule has 0 saturated carbocycles. The van der Waals surface area contributed by atoms with Crippen molar-refractivity contribution in [3.8, 4) is 11.4 Å². The Morgan fingerprint density at radius 1 is 0.500 bits per heavy atom. The Labute approximate surface area is 203 Å². The number of nitrogens with one attached hydrogen (secondary N) is 1. The number of rotatable bonds is 4. The first kappa shape index (κ1) is 23.6. The molecule has 3 aromatic carbocycles. The molecule has 0 saturated heterocycles. The highest BCUT2D eigenvalue weighted by Crippen LogP contribution is 2.24. The van der Waals surface area contributed by atoms with Crippen LogP contribution in [0.1, 0.15) is 50.1 Å². The summed E-state index contributed by atoms with van der Waals surface area (Å²) in [6.07, 6.45) is 4.25. The van der Waals surface area contributed by atoms with Crippen LogP contribution < -0.4 is 11.0 Å². The minimum atomic E-state index is 0.837. The van der Waals surface area contributed by atoms with Gasteiger partial charge in [0.2, 0.25) is 5.62 Å². The zero-order chi connectivity index (χ0) is 24.7. The Morgan fingerprint density at radius 3 is 1.18 bits per heavy atom. The summed E-state index contributed by atoms with van der Waals surface area (Å²) in [5.74, 6) is 0. The van der Waals surface area contributed by atoms with Crippen molar-refractivity contribution in [1.82, 2.24) is 9.13 Å². The van der Waals surface area contributed by atoms with E-state index in [9.17, 15) is 0 Å². The molecule has 4 aromatic rings. The fourth-order valence-corrected chi connectivity index (χ4v) is 5.41. The SMILES string of the molecule is Cc1cc(C)c(NN=c2n(-c3c(C)cc(C)cc3C)ccn2-c2c(C)cc(C)cc2C)c(C)c1. The highest BCUT2D eigenvalue weighted by molar-refractivity contribution is 5.58. The molecule has 0 aliphatic carbocycles. The third kappa shape index (κ3) is 4.33. The van der Waals surface area contributed by atoms with Crippen LogP contribution in [0.25, 0.3) is 11.4 Å². The fraction of sp³-hybridized carbons (Fsp3) is 0.300. The van der Waals surface area contributed by atoms with Gasteiger partial charge < -0.3 is 0 Å². The van der Waals surface area contributed by atoms with Crippen molar-refractivity contribution in [2.45, 2.75) is 62.3 Å². The average Bonchev–Trinajstić information content (AvgIpc) is 3.08. The van der Waals surface area contributed by atoms with Gasteiger partial charge in [0, 0.05) is 12.4 Å². The number of imidazole rings is 1. The van der Waals surface area contributed by atoms with Crippen LogP contribution in [-0.2, 0) is 0 Å². The van der Waals surface area contributed by atoms with E-state index in [1.54, 1.807) is 0 Å². The molecule has 4 rings (SSSR count). The zero-order valence-corrected chi connectivity index (χ0v) is 22.0. The molecule has 0 aliphatic heterocycles. The van der Waals surface area contributed by atoms with Crippen molar-refractivity contribution in [1.29, 1.82) is 0 Å². The van der Waals surface area contributed by atoms with Gasteiger partial charge in [-0.15, -0.1) is 5.10 Å². The van der Waals surface area contributed by atoms with Crippen molar-refractivity contribution in [3.05, 3.63) is 104 Å². The maximum atomic E-state index is 5.03. The van der Waals surface area contributed by atoms with Gasteiger partial charge >= 0.3 is 0 Å². The van der Waals surface area contributed by atoms with E-state index in [0.29, 0.717) is 0 Å². The summed E-state index contributed by atoms with van der Waals surface area (Å²) in [6, 6.07) is 13.3. The number of benzene rings is 3. The summed E-state index contributed by atoms with van der Waals surface area (Å²) < 4.78 is 4.41. The van der Waals surface area contributed by atoms with Crippen LogP contribution in [0.3, 0.4) is 0 Å². The molecule has 0 radical (unpaired) electrons. The fourth-order valence-electron chi connectivity index (χ4n) is 5.41. The molecule has 0 atom stereocenters. The Balaban J connectivity index is 2.01. The third-order valence-electron chi connectivity index (χ3n) is 6.49. The number of aromatic nitrogens is 2. The minimum Gasteiger partial charge on any atom is -0.284 e. The van der Waals surface area contributed by atoms with Crippen molar-refractivity contribution < 1.29 is 0 Å². The molecule has 34 heavy (non-hydrogen) atoms. The molecular weight excluding hydrogens is 416 g/mol. The summed E-state index contributed by atoms with van der Waals surface area (Å²) in [4.78, 5) is 0. The van der Waals surface area contributed by atoms with Crippen LogP contribution in [0, 0.1) is 62.3 Å². The maximum absolute atomic E-state index is 5.03. The van der Waals surface area contributed by atoms with E-state index in [1.165, 1.54) is 61.4 Å². The minimum absolute atomic E-state index is 0.837. The summed E-state index contributed by atoms with van der Waals surface area (Å²) in [5, 5.41) is 5.03. The van der Waals surface area contributed by atoms with Crippen LogP contribution in [-0.4, -0.2) is 9.13 Å². The molecule has 0 fully saturated rings. The quantitative estimate of drug-likeness (QED) is 0.333. The molecule has 1 aromatic heterocycles. The molecule has 0 amide bonds. The monoisotopic (exact) mass is 452 g/mol. The van der Waals surface area contributed by atoms with E-state index in [4.69, 9.17) is 5.10 Å². The Morgan fingerprint density at radius 2 is 0.824 bits per heavy atom. The molecule has 0 unspecified atom stereocenters. The molecule has 1 heterocycles. The highest BCUT2D eigenvalue weighted by Gasteiger charge is 2.15. The molecule has 4 heteroatoms. The highest BCUT2D eigenvalue weighted by atomic mass is 15.4. The lowest BCUT2D eigenvalue weighted by atomic mass is 10.0. The van der Waals surface area contributed by atoms with Gasteiger partial charge in [-0.1, -0.05) is 53.1 Å². The van der Waals surface area contributed by atoms with E-state index in [0.717, 1.165) is 11.3 Å². The predicted molar refractivity (Wildman–Crippen MR) is 143 cm³/mol. The topological polar surface area (TPSA) is 34.2 Å². The standard InChI is InChI=1S/C30H36N4/c1-18-12-21(4)27(22(5)13-18)31-32-30-33(28-23(6)14-19(2)15-24(28)7)10-11-34(30)29-25(8)16-20(3)17-26(29)9/h10-17,31H,1-9H3. The summed E-state index contributed by atoms with van der Waals surface area (Å²) in [5.41, 5.74) is 18.8. The predicted octanol–water partition coefficient (Wildman–Crippen LogP) is 6.97. The molecule has 176 valence electrons. The second-order valence-corrected chi connectivity index (χ2v) is 9.83. The lowest BCUT2D eigenvalue weighted by molar-refractivity contribution is 0.833. The summed E-state index contributed by atoms with van der Waals surface area (Å²) in [6.45, 7) is 19.4. The van der Waals surface area contributed by atoms with Gasteiger partial charge in [0.05, 0.1) is 17.1 Å². The van der Waals surface area contributed by atoms with Crippen molar-refractivity contribution in [2.75, 3.05) is 5.43 Å². The summed E-state index contributed by atoms with van der Waals surface area (Å²) in [7, 11) is 0. The lowest BCUT2D eigenvalue weighted by Crippen LogP contribution is -2.27. The number of aryl methyl sites for hydroxylation is 9. The number of hydrogen-bond donors (Lipinski definition) is 1. The third-order valence-corrected chi connectivity index (χ3v) is 6.49. The van der Waals surface area contributed by atoms with Crippen molar-refractivity contribution >= 4 is 5.69 Å². The molecule has 0 bridgehead atoms. The van der Waals surface area contributed by atoms with E-state index in [1.807, 2.05) is 0 Å². The first-order valence-corrected chi connectivity index (χ1v) is 11.9. The Bertz CT molecular complexity index is 1320. The van der Waals surface area contributed by atoms with Crippen molar-refractivity contribution in [3.63, 3.8) is 0 Å². The lowest BCUT2D eigenvalue weighted by Gasteiger charge is -2.16. The first-order chi connectivity index (χ1) is 16.1. The van der Waals surface area contributed by atoms with Gasteiger partial charge in [-0.05, 0) is 95.7 Å². The second-order valence-electron chi connectivity index (χ2n) is 9.83. The van der Waals surface area contributed by atoms with Crippen LogP contribution in [0.5, 0.6) is 0 Å². The maximum Gasteiger partial charge on any atom is 0.236 e. The molecule has 0 spiro atoms. The van der Waals surface area contributed by atoms with E-state index >= 15 is 0 Å². The molecule has 4 nitrogen and oxygen atoms in total. The average molecular weight is 453 g/mol. The van der Waals surface area contributed by atoms with Crippen LogP contribution in [0.2, 0.25) is 0 Å². The van der Waals surface area contributed by atoms with Crippen LogP contribution >= 0.6 is 0 Å². The van der Waals surface area contributed by atoms with E-state index in [2.05, 4.69) is 126 Å². The van der Waals surface area contributed by atoms with Crippen LogP contribution in [0.4, 0.5) is 5.69 Å². The summed E-state index contributed by atoms with van der Waals surface area (Å²) >= 11 is 0. The second kappa shape index (κ2) is 9.02. The Kier molecular flexibility index (Phi) is 6.26. The van der Waals surface area contributed by atoms with Gasteiger partial charge in [-0.2, -0.15) is 0 Å². The first-order valence-electron chi connectivity index (χ1n) is 11.9. The van der Waals surface area contributed by atoms with E-state index < -0.39 is 0 Å². The van der Waals surface area contributed by atoms with Gasteiger partial charge in [-0.3, -0.25) is 14.6 Å². The molecule has 0 aliphatic rings. The number of nitrogens with zero attached hydrogens (tertiary/aromatic N) is 3.